The third kappa shape index (κ3) is 5.18. The van der Waals surface area contributed by atoms with Gasteiger partial charge in [-0.25, -0.2) is 0 Å². The van der Waals surface area contributed by atoms with Crippen LogP contribution in [0.1, 0.15) is 36.2 Å². The van der Waals surface area contributed by atoms with Crippen LogP contribution in [0, 0.1) is 0 Å². The molecule has 0 N–H and O–H groups in total. The number of allylic oxidation sites excluding steroid dienone is 1. The van der Waals surface area contributed by atoms with Gasteiger partial charge in [0.1, 0.15) is 0 Å². The van der Waals surface area contributed by atoms with Crippen LogP contribution < -0.4 is 0 Å². The highest BCUT2D eigenvalue weighted by Gasteiger charge is 2.24. The summed E-state index contributed by atoms with van der Waals surface area (Å²) in [5, 5.41) is 3.74. The number of benzene rings is 7. The number of hydrogen-bond acceptors (Lipinski definition) is 0. The molecule has 2 nitrogen and oxygen atoms in total. The molecule has 0 unspecified atom stereocenters. The van der Waals surface area contributed by atoms with Crippen molar-refractivity contribution in [2.24, 2.45) is 0 Å². The van der Waals surface area contributed by atoms with Crippen molar-refractivity contribution in [1.82, 2.24) is 9.13 Å². The summed E-state index contributed by atoms with van der Waals surface area (Å²) in [5.41, 5.74) is 15.6. The zero-order valence-electron chi connectivity index (χ0n) is 29.9. The lowest BCUT2D eigenvalue weighted by Gasteiger charge is -2.23. The maximum atomic E-state index is 2.45. The Bertz CT molecular complexity index is 2900. The molecule has 0 fully saturated rings. The Morgan fingerprint density at radius 1 is 0.396 bits per heavy atom. The van der Waals surface area contributed by atoms with E-state index in [0.717, 1.165) is 5.69 Å². The van der Waals surface area contributed by atoms with E-state index in [1.54, 1.807) is 0 Å². The molecule has 0 spiro atoms. The fraction of sp³-hybridized carbons (Fsp3) is 0.0588. The van der Waals surface area contributed by atoms with Crippen molar-refractivity contribution in [3.63, 3.8) is 0 Å². The number of aromatic nitrogens is 2. The number of para-hydroxylation sites is 2. The van der Waals surface area contributed by atoms with Gasteiger partial charge in [0.05, 0.1) is 22.2 Å². The maximum absolute atomic E-state index is 2.45. The predicted octanol–water partition coefficient (Wildman–Crippen LogP) is 13.5. The van der Waals surface area contributed by atoms with Gasteiger partial charge in [0.15, 0.2) is 0 Å². The van der Waals surface area contributed by atoms with E-state index in [-0.39, 0.29) is 5.41 Å². The molecule has 0 saturated heterocycles. The van der Waals surface area contributed by atoms with Gasteiger partial charge >= 0.3 is 0 Å². The Balaban J connectivity index is 1.20. The van der Waals surface area contributed by atoms with Gasteiger partial charge in [-0.15, -0.1) is 0 Å². The van der Waals surface area contributed by atoms with Crippen LogP contribution in [-0.4, -0.2) is 9.13 Å². The van der Waals surface area contributed by atoms with Crippen LogP contribution in [0.3, 0.4) is 0 Å². The molecular weight excluding hydrogens is 641 g/mol. The average molecular weight is 679 g/mol. The van der Waals surface area contributed by atoms with Crippen molar-refractivity contribution >= 4 is 50.9 Å². The van der Waals surface area contributed by atoms with Crippen LogP contribution in [-0.2, 0) is 5.41 Å². The molecule has 2 heteroatoms. The van der Waals surface area contributed by atoms with Crippen molar-refractivity contribution < 1.29 is 0 Å². The highest BCUT2D eigenvalue weighted by atomic mass is 15.0. The first-order chi connectivity index (χ1) is 26.0. The maximum Gasteiger partial charge on any atom is 0.0541 e. The topological polar surface area (TPSA) is 9.86 Å². The molecule has 0 radical (unpaired) electrons. The SMILES string of the molecule is CC1(C)/C=C/c2c(c3cc(-c4ccc5c(c4)c4ccccc4n5-c4ccccc4)ccc3n2-c2cccc(-c3ccccc3)c2)/C=C/c2ccccc21. The summed E-state index contributed by atoms with van der Waals surface area (Å²) < 4.78 is 4.83. The molecule has 0 amide bonds. The van der Waals surface area contributed by atoms with Gasteiger partial charge in [-0.1, -0.05) is 147 Å². The quantitative estimate of drug-likeness (QED) is 0.175. The van der Waals surface area contributed by atoms with Gasteiger partial charge in [-0.05, 0) is 94.1 Å². The number of rotatable bonds is 4. The Kier molecular flexibility index (Phi) is 7.19. The smallest absolute Gasteiger partial charge is 0.0541 e. The Morgan fingerprint density at radius 2 is 1.00 bits per heavy atom. The van der Waals surface area contributed by atoms with Crippen molar-refractivity contribution in [2.45, 2.75) is 19.3 Å². The van der Waals surface area contributed by atoms with E-state index in [2.05, 4.69) is 217 Å². The minimum absolute atomic E-state index is 0.158. The van der Waals surface area contributed by atoms with Gasteiger partial charge < -0.3 is 9.13 Å². The average Bonchev–Trinajstić information content (AvgIpc) is 3.72. The summed E-state index contributed by atoms with van der Waals surface area (Å²) in [5.74, 6) is 0. The second kappa shape index (κ2) is 12.3. The van der Waals surface area contributed by atoms with Gasteiger partial charge in [-0.2, -0.15) is 0 Å². The summed E-state index contributed by atoms with van der Waals surface area (Å²) in [6.45, 7) is 4.63. The molecule has 1 aliphatic carbocycles. The van der Waals surface area contributed by atoms with Gasteiger partial charge in [0, 0.05) is 38.5 Å². The third-order valence-electron chi connectivity index (χ3n) is 11.0. The van der Waals surface area contributed by atoms with E-state index in [0.29, 0.717) is 0 Å². The summed E-state index contributed by atoms with van der Waals surface area (Å²) in [6, 6.07) is 61.8. The zero-order chi connectivity index (χ0) is 35.5. The predicted molar refractivity (Wildman–Crippen MR) is 226 cm³/mol. The standard InChI is InChI=1S/C51H38N2/c1-51(2)31-30-50-43(27-24-36-16-9-11-22-46(36)51)45-34-39(26-29-49(45)53(50)41-20-13-17-37(32-41)35-14-5-3-6-15-35)38-25-28-48-44(33-38)42-21-10-12-23-47(42)52(48)40-18-7-4-8-19-40/h3-34H,1-2H3/b27-24+,31-30+. The van der Waals surface area contributed by atoms with Crippen LogP contribution in [0.25, 0.3) is 84.6 Å². The first kappa shape index (κ1) is 31.1. The molecule has 2 heterocycles. The summed E-state index contributed by atoms with van der Waals surface area (Å²) >= 11 is 0. The van der Waals surface area contributed by atoms with Crippen molar-refractivity contribution in [2.75, 3.05) is 0 Å². The minimum atomic E-state index is -0.158. The second-order valence-corrected chi connectivity index (χ2v) is 14.7. The van der Waals surface area contributed by atoms with Crippen LogP contribution >= 0.6 is 0 Å². The normalized spacial score (nSPS) is 14.7. The van der Waals surface area contributed by atoms with E-state index in [1.807, 2.05) is 0 Å². The monoisotopic (exact) mass is 678 g/mol. The Morgan fingerprint density at radius 3 is 1.81 bits per heavy atom. The molecule has 2 aromatic heterocycles. The van der Waals surface area contributed by atoms with Crippen LogP contribution in [0.15, 0.2) is 176 Å². The number of nitrogens with zero attached hydrogens (tertiary/aromatic N) is 2. The van der Waals surface area contributed by atoms with E-state index < -0.39 is 0 Å². The van der Waals surface area contributed by atoms with Crippen LogP contribution in [0.5, 0.6) is 0 Å². The lowest BCUT2D eigenvalue weighted by atomic mass is 9.81. The number of hydrogen-bond donors (Lipinski definition) is 0. The van der Waals surface area contributed by atoms with Gasteiger partial charge in [0.2, 0.25) is 0 Å². The lowest BCUT2D eigenvalue weighted by molar-refractivity contribution is 0.671. The minimum Gasteiger partial charge on any atom is -0.309 e. The molecule has 7 aromatic carbocycles. The van der Waals surface area contributed by atoms with Gasteiger partial charge in [-0.3, -0.25) is 0 Å². The highest BCUT2D eigenvalue weighted by molar-refractivity contribution is 6.11. The van der Waals surface area contributed by atoms with Crippen LogP contribution in [0.2, 0.25) is 0 Å². The fourth-order valence-corrected chi connectivity index (χ4v) is 8.37. The first-order valence-corrected chi connectivity index (χ1v) is 18.4. The van der Waals surface area contributed by atoms with Crippen molar-refractivity contribution in [3.05, 3.63) is 198 Å². The molecule has 1 aliphatic rings. The van der Waals surface area contributed by atoms with Crippen LogP contribution in [0.4, 0.5) is 0 Å². The van der Waals surface area contributed by atoms with E-state index in [1.165, 1.54) is 83.0 Å². The fourth-order valence-electron chi connectivity index (χ4n) is 8.37. The van der Waals surface area contributed by atoms with Crippen molar-refractivity contribution in [3.8, 4) is 33.6 Å². The van der Waals surface area contributed by atoms with E-state index in [9.17, 15) is 0 Å². The van der Waals surface area contributed by atoms with Gasteiger partial charge in [0.25, 0.3) is 0 Å². The zero-order valence-corrected chi connectivity index (χ0v) is 29.9. The van der Waals surface area contributed by atoms with Crippen molar-refractivity contribution in [1.29, 1.82) is 0 Å². The first-order valence-electron chi connectivity index (χ1n) is 18.4. The van der Waals surface area contributed by atoms with E-state index in [4.69, 9.17) is 0 Å². The summed E-state index contributed by atoms with van der Waals surface area (Å²) in [7, 11) is 0. The molecule has 252 valence electrons. The molecular formula is C51H38N2. The number of fused-ring (bicyclic) bond motifs is 7. The Labute approximate surface area is 310 Å². The molecule has 0 bridgehead atoms. The molecule has 0 saturated carbocycles. The third-order valence-corrected chi connectivity index (χ3v) is 11.0. The molecule has 53 heavy (non-hydrogen) atoms. The molecule has 10 rings (SSSR count). The summed E-state index contributed by atoms with van der Waals surface area (Å²) in [6.07, 6.45) is 9.37. The largest absolute Gasteiger partial charge is 0.309 e. The molecule has 0 aliphatic heterocycles. The molecule has 0 atom stereocenters. The van der Waals surface area contributed by atoms with E-state index >= 15 is 0 Å². The molecule has 9 aromatic rings. The Hall–Kier alpha value is -6.64. The lowest BCUT2D eigenvalue weighted by Crippen LogP contribution is -2.14. The second-order valence-electron chi connectivity index (χ2n) is 14.7. The summed E-state index contributed by atoms with van der Waals surface area (Å²) in [4.78, 5) is 0. The highest BCUT2D eigenvalue weighted by Crippen LogP contribution is 2.40.